The summed E-state index contributed by atoms with van der Waals surface area (Å²) in [7, 11) is 0. The number of aromatic nitrogens is 2. The molecule has 2 unspecified atom stereocenters. The lowest BCUT2D eigenvalue weighted by molar-refractivity contribution is -0.383. The number of nitro groups is 1. The van der Waals surface area contributed by atoms with Gasteiger partial charge in [-0.05, 0) is 19.4 Å². The molecule has 3 heterocycles. The van der Waals surface area contributed by atoms with E-state index in [-0.39, 0.29) is 23.4 Å². The van der Waals surface area contributed by atoms with Crippen LogP contribution in [0.4, 0.5) is 17.3 Å². The molecule has 2 aliphatic rings. The largest absolute Gasteiger partial charge is 0.378 e. The molecule has 0 radical (unpaired) electrons. The Kier molecular flexibility index (Phi) is 3.84. The van der Waals surface area contributed by atoms with Crippen LogP contribution in [0.15, 0.2) is 6.33 Å². The zero-order valence-electron chi connectivity index (χ0n) is 11.6. The molecule has 0 saturated carbocycles. The molecule has 2 atom stereocenters. The van der Waals surface area contributed by atoms with E-state index in [4.69, 9.17) is 10.5 Å². The molecular formula is C12H18N6O3. The Morgan fingerprint density at radius 3 is 3.24 bits per heavy atom. The highest BCUT2D eigenvalue weighted by atomic mass is 16.6. The Hall–Kier alpha value is -2.00. The van der Waals surface area contributed by atoms with Crippen molar-refractivity contribution < 1.29 is 9.66 Å². The number of fused-ring (bicyclic) bond motifs is 1. The number of nitrogens with zero attached hydrogens (tertiary/aromatic N) is 4. The van der Waals surface area contributed by atoms with Crippen LogP contribution in [0.2, 0.25) is 0 Å². The molecule has 0 spiro atoms. The second-order valence-electron chi connectivity index (χ2n) is 5.34. The van der Waals surface area contributed by atoms with Gasteiger partial charge in [0.1, 0.15) is 6.33 Å². The summed E-state index contributed by atoms with van der Waals surface area (Å²) < 4.78 is 5.80. The Bertz CT molecular complexity index is 540. The number of morpholine rings is 1. The summed E-state index contributed by atoms with van der Waals surface area (Å²) in [6, 6.07) is 0.533. The van der Waals surface area contributed by atoms with Crippen molar-refractivity contribution in [3.05, 3.63) is 16.4 Å². The van der Waals surface area contributed by atoms with Crippen LogP contribution in [-0.4, -0.2) is 58.2 Å². The molecule has 2 saturated heterocycles. The van der Waals surface area contributed by atoms with Gasteiger partial charge in [-0.2, -0.15) is 0 Å². The zero-order valence-corrected chi connectivity index (χ0v) is 11.6. The molecule has 9 nitrogen and oxygen atoms in total. The summed E-state index contributed by atoms with van der Waals surface area (Å²) in [6.45, 7) is 3.12. The van der Waals surface area contributed by atoms with Crippen LogP contribution >= 0.6 is 0 Å². The summed E-state index contributed by atoms with van der Waals surface area (Å²) >= 11 is 0. The molecule has 1 aromatic heterocycles. The highest BCUT2D eigenvalue weighted by Crippen LogP contribution is 2.27. The molecule has 21 heavy (non-hydrogen) atoms. The van der Waals surface area contributed by atoms with E-state index in [9.17, 15) is 10.1 Å². The van der Waals surface area contributed by atoms with Gasteiger partial charge in [0.2, 0.25) is 11.6 Å². The number of nitrogen functional groups attached to an aromatic ring is 1. The molecule has 1 aromatic rings. The molecule has 3 N–H and O–H groups in total. The predicted octanol–water partition coefficient (Wildman–Crippen LogP) is 0.242. The van der Waals surface area contributed by atoms with Crippen molar-refractivity contribution in [2.75, 3.05) is 37.3 Å². The van der Waals surface area contributed by atoms with Gasteiger partial charge in [0.05, 0.1) is 17.6 Å². The first-order valence-electron chi connectivity index (χ1n) is 6.99. The van der Waals surface area contributed by atoms with Crippen molar-refractivity contribution >= 4 is 17.3 Å². The predicted molar refractivity (Wildman–Crippen MR) is 75.9 cm³/mol. The summed E-state index contributed by atoms with van der Waals surface area (Å²) in [5.41, 5.74) is 5.24. The van der Waals surface area contributed by atoms with Crippen molar-refractivity contribution in [1.82, 2.24) is 14.9 Å². The zero-order chi connectivity index (χ0) is 14.8. The Morgan fingerprint density at radius 1 is 1.57 bits per heavy atom. The normalized spacial score (nSPS) is 25.5. The third kappa shape index (κ3) is 2.88. The van der Waals surface area contributed by atoms with Crippen molar-refractivity contribution in [3.8, 4) is 0 Å². The van der Waals surface area contributed by atoms with Crippen LogP contribution in [0.5, 0.6) is 0 Å². The summed E-state index contributed by atoms with van der Waals surface area (Å²) in [6.07, 6.45) is 3.61. The third-order valence-corrected chi connectivity index (χ3v) is 3.99. The van der Waals surface area contributed by atoms with Gasteiger partial charge in [-0.25, -0.2) is 9.97 Å². The van der Waals surface area contributed by atoms with E-state index >= 15 is 0 Å². The number of nitrogens with one attached hydrogen (secondary N) is 1. The highest BCUT2D eigenvalue weighted by Gasteiger charge is 2.32. The number of rotatable bonds is 4. The van der Waals surface area contributed by atoms with Gasteiger partial charge in [-0.1, -0.05) is 0 Å². The number of nitrogens with two attached hydrogens (primary N) is 1. The minimum absolute atomic E-state index is 0.00450. The first-order valence-corrected chi connectivity index (χ1v) is 6.99. The van der Waals surface area contributed by atoms with E-state index in [0.717, 1.165) is 19.7 Å². The molecule has 2 fully saturated rings. The lowest BCUT2D eigenvalue weighted by Gasteiger charge is -2.35. The van der Waals surface area contributed by atoms with Gasteiger partial charge in [-0.15, -0.1) is 0 Å². The van der Waals surface area contributed by atoms with Crippen LogP contribution in [-0.2, 0) is 4.74 Å². The quantitative estimate of drug-likeness (QED) is 0.598. The number of hydrogen-bond donors (Lipinski definition) is 2. The number of ether oxygens (including phenoxy) is 1. The fraction of sp³-hybridized carbons (Fsp3) is 0.667. The van der Waals surface area contributed by atoms with E-state index in [1.54, 1.807) is 0 Å². The highest BCUT2D eigenvalue weighted by molar-refractivity contribution is 5.67. The molecule has 114 valence electrons. The van der Waals surface area contributed by atoms with E-state index in [0.29, 0.717) is 12.6 Å². The molecular weight excluding hydrogens is 276 g/mol. The van der Waals surface area contributed by atoms with E-state index in [1.807, 2.05) is 0 Å². The Labute approximate surface area is 121 Å². The molecule has 0 aromatic carbocycles. The SMILES string of the molecule is Nc1ncnc(NCC2CN3CCCC3CO2)c1[N+](=O)[O-]. The standard InChI is InChI=1S/C12H18N6O3/c13-11-10(18(19)20)12(16-7-15-11)14-4-9-5-17-3-1-2-8(17)6-21-9/h7-9H,1-6H2,(H3,13,14,15,16). The lowest BCUT2D eigenvalue weighted by atomic mass is 10.2. The van der Waals surface area contributed by atoms with Gasteiger partial charge in [0, 0.05) is 19.1 Å². The summed E-state index contributed by atoms with van der Waals surface area (Å²) in [4.78, 5) is 20.4. The van der Waals surface area contributed by atoms with Crippen molar-refractivity contribution in [2.24, 2.45) is 0 Å². The van der Waals surface area contributed by atoms with E-state index in [1.165, 1.54) is 19.2 Å². The molecule has 0 amide bonds. The second-order valence-corrected chi connectivity index (χ2v) is 5.34. The molecule has 3 rings (SSSR count). The molecule has 0 aliphatic carbocycles. The van der Waals surface area contributed by atoms with Crippen LogP contribution in [0, 0.1) is 10.1 Å². The minimum Gasteiger partial charge on any atom is -0.378 e. The average Bonchev–Trinajstić information content (AvgIpc) is 2.92. The average molecular weight is 294 g/mol. The topological polar surface area (TPSA) is 119 Å². The van der Waals surface area contributed by atoms with Gasteiger partial charge < -0.3 is 15.8 Å². The summed E-state index contributed by atoms with van der Waals surface area (Å²) in [5, 5.41) is 14.0. The third-order valence-electron chi connectivity index (χ3n) is 3.99. The van der Waals surface area contributed by atoms with Gasteiger partial charge in [0.15, 0.2) is 0 Å². The van der Waals surface area contributed by atoms with E-state index in [2.05, 4.69) is 20.2 Å². The fourth-order valence-corrected chi connectivity index (χ4v) is 2.92. The maximum atomic E-state index is 11.0. The maximum absolute atomic E-state index is 11.0. The monoisotopic (exact) mass is 294 g/mol. The molecule has 2 aliphatic heterocycles. The van der Waals surface area contributed by atoms with Crippen molar-refractivity contribution in [1.29, 1.82) is 0 Å². The van der Waals surface area contributed by atoms with Crippen LogP contribution in [0.25, 0.3) is 0 Å². The first-order chi connectivity index (χ1) is 10.1. The van der Waals surface area contributed by atoms with Gasteiger partial charge in [-0.3, -0.25) is 15.0 Å². The Balaban J connectivity index is 1.63. The van der Waals surface area contributed by atoms with Crippen LogP contribution in [0.1, 0.15) is 12.8 Å². The fourth-order valence-electron chi connectivity index (χ4n) is 2.92. The molecule has 0 bridgehead atoms. The lowest BCUT2D eigenvalue weighted by Crippen LogP contribution is -2.48. The van der Waals surface area contributed by atoms with Crippen molar-refractivity contribution in [2.45, 2.75) is 25.0 Å². The van der Waals surface area contributed by atoms with Crippen LogP contribution < -0.4 is 11.1 Å². The number of anilines is 2. The minimum atomic E-state index is -0.574. The van der Waals surface area contributed by atoms with Gasteiger partial charge in [0.25, 0.3) is 0 Å². The van der Waals surface area contributed by atoms with E-state index < -0.39 is 4.92 Å². The van der Waals surface area contributed by atoms with Crippen molar-refractivity contribution in [3.63, 3.8) is 0 Å². The van der Waals surface area contributed by atoms with Gasteiger partial charge >= 0.3 is 5.69 Å². The summed E-state index contributed by atoms with van der Waals surface area (Å²) in [5.74, 6) is 0.00122. The van der Waals surface area contributed by atoms with Crippen LogP contribution in [0.3, 0.4) is 0 Å². The maximum Gasteiger partial charge on any atom is 0.352 e. The first kappa shape index (κ1) is 14.0. The smallest absolute Gasteiger partial charge is 0.352 e. The Morgan fingerprint density at radius 2 is 2.43 bits per heavy atom. The molecule has 9 heteroatoms. The number of hydrogen-bond acceptors (Lipinski definition) is 8. The second kappa shape index (κ2) is 5.78.